The number of nitrogens with zero attached hydrogens (tertiary/aromatic N) is 1. The van der Waals surface area contributed by atoms with Crippen molar-refractivity contribution in [2.24, 2.45) is 5.92 Å². The minimum Gasteiger partial charge on any atom is -0.478 e. The predicted molar refractivity (Wildman–Crippen MR) is 72.1 cm³/mol. The molecule has 1 heterocycles. The summed E-state index contributed by atoms with van der Waals surface area (Å²) in [5.41, 5.74) is 0.0929. The fourth-order valence-electron chi connectivity index (χ4n) is 2.51. The van der Waals surface area contributed by atoms with E-state index in [2.05, 4.69) is 17.1 Å². The average molecular weight is 266 g/mol. The second-order valence-electron chi connectivity index (χ2n) is 4.90. The SMILES string of the molecule is CCN1CCC(CNc2cccc(F)c2C(=O)O)C1. The third kappa shape index (κ3) is 3.23. The molecule has 19 heavy (non-hydrogen) atoms. The number of carboxylic acid groups (broad SMARTS) is 1. The molecule has 104 valence electrons. The molecule has 4 nitrogen and oxygen atoms in total. The number of aromatic carboxylic acids is 1. The Kier molecular flexibility index (Phi) is 4.37. The van der Waals surface area contributed by atoms with E-state index >= 15 is 0 Å². The zero-order chi connectivity index (χ0) is 13.8. The van der Waals surface area contributed by atoms with Gasteiger partial charge in [0.1, 0.15) is 11.4 Å². The van der Waals surface area contributed by atoms with E-state index in [1.807, 2.05) is 0 Å². The third-order valence-corrected chi connectivity index (χ3v) is 3.63. The molecule has 1 aliphatic rings. The standard InChI is InChI=1S/C14H19FN2O2/c1-2-17-7-6-10(9-17)8-16-12-5-3-4-11(15)13(12)14(18)19/h3-5,10,16H,2,6-9H2,1H3,(H,18,19). The van der Waals surface area contributed by atoms with Gasteiger partial charge in [-0.1, -0.05) is 13.0 Å². The predicted octanol–water partition coefficient (Wildman–Crippen LogP) is 2.28. The summed E-state index contributed by atoms with van der Waals surface area (Å²) in [5, 5.41) is 12.1. The van der Waals surface area contributed by atoms with E-state index in [0.717, 1.165) is 26.1 Å². The first-order valence-corrected chi connectivity index (χ1v) is 6.59. The summed E-state index contributed by atoms with van der Waals surface area (Å²) in [6, 6.07) is 4.30. The van der Waals surface area contributed by atoms with Crippen LogP contribution in [0.4, 0.5) is 10.1 Å². The van der Waals surface area contributed by atoms with Crippen molar-refractivity contribution in [1.82, 2.24) is 4.90 Å². The largest absolute Gasteiger partial charge is 0.478 e. The van der Waals surface area contributed by atoms with Crippen molar-refractivity contribution in [3.63, 3.8) is 0 Å². The van der Waals surface area contributed by atoms with Crippen LogP contribution in [0.2, 0.25) is 0 Å². The number of hydrogen-bond acceptors (Lipinski definition) is 3. The van der Waals surface area contributed by atoms with Crippen molar-refractivity contribution in [1.29, 1.82) is 0 Å². The maximum absolute atomic E-state index is 13.5. The molecule has 1 aliphatic heterocycles. The van der Waals surface area contributed by atoms with Crippen LogP contribution in [0.15, 0.2) is 18.2 Å². The highest BCUT2D eigenvalue weighted by molar-refractivity contribution is 5.94. The highest BCUT2D eigenvalue weighted by atomic mass is 19.1. The normalized spacial score (nSPS) is 19.6. The molecule has 0 radical (unpaired) electrons. The lowest BCUT2D eigenvalue weighted by molar-refractivity contribution is 0.0693. The first-order valence-electron chi connectivity index (χ1n) is 6.59. The van der Waals surface area contributed by atoms with Crippen LogP contribution >= 0.6 is 0 Å². The number of nitrogens with one attached hydrogen (secondary N) is 1. The van der Waals surface area contributed by atoms with Gasteiger partial charge in [0.2, 0.25) is 0 Å². The fourth-order valence-corrected chi connectivity index (χ4v) is 2.51. The molecule has 0 bridgehead atoms. The lowest BCUT2D eigenvalue weighted by atomic mass is 10.1. The molecule has 2 N–H and O–H groups in total. The molecule has 0 aromatic heterocycles. The molecule has 1 aromatic carbocycles. The fraction of sp³-hybridized carbons (Fsp3) is 0.500. The van der Waals surface area contributed by atoms with E-state index in [0.29, 0.717) is 18.2 Å². The van der Waals surface area contributed by atoms with Gasteiger partial charge in [-0.2, -0.15) is 0 Å². The van der Waals surface area contributed by atoms with Crippen molar-refractivity contribution in [2.75, 3.05) is 31.5 Å². The van der Waals surface area contributed by atoms with E-state index in [1.165, 1.54) is 12.1 Å². The molecule has 0 amide bonds. The van der Waals surface area contributed by atoms with Gasteiger partial charge in [0.25, 0.3) is 0 Å². The molecule has 1 aromatic rings. The number of likely N-dealkylation sites (tertiary alicyclic amines) is 1. The van der Waals surface area contributed by atoms with Gasteiger partial charge in [-0.25, -0.2) is 9.18 Å². The van der Waals surface area contributed by atoms with E-state index in [-0.39, 0.29) is 5.56 Å². The monoisotopic (exact) mass is 266 g/mol. The van der Waals surface area contributed by atoms with E-state index in [9.17, 15) is 9.18 Å². The Bertz CT molecular complexity index is 465. The molecule has 1 fully saturated rings. The number of rotatable bonds is 5. The highest BCUT2D eigenvalue weighted by Crippen LogP contribution is 2.21. The summed E-state index contributed by atoms with van der Waals surface area (Å²) < 4.78 is 13.5. The van der Waals surface area contributed by atoms with E-state index < -0.39 is 11.8 Å². The van der Waals surface area contributed by atoms with Crippen LogP contribution < -0.4 is 5.32 Å². The Balaban J connectivity index is 2.00. The summed E-state index contributed by atoms with van der Waals surface area (Å²) in [6.45, 7) is 5.95. The van der Waals surface area contributed by atoms with Crippen LogP contribution in [0.1, 0.15) is 23.7 Å². The Morgan fingerprint density at radius 3 is 3.00 bits per heavy atom. The summed E-state index contributed by atoms with van der Waals surface area (Å²) in [7, 11) is 0. The molecule has 1 unspecified atom stereocenters. The minimum absolute atomic E-state index is 0.271. The second-order valence-corrected chi connectivity index (χ2v) is 4.90. The lowest BCUT2D eigenvalue weighted by Gasteiger charge is -2.15. The van der Waals surface area contributed by atoms with Crippen LogP contribution in [0.25, 0.3) is 0 Å². The molecule has 0 spiro atoms. The van der Waals surface area contributed by atoms with Gasteiger partial charge in [-0.3, -0.25) is 0 Å². The smallest absolute Gasteiger partial charge is 0.340 e. The molecule has 0 aliphatic carbocycles. The van der Waals surface area contributed by atoms with Gasteiger partial charge in [0.05, 0.1) is 5.69 Å². The zero-order valence-corrected chi connectivity index (χ0v) is 11.0. The molecule has 1 saturated heterocycles. The van der Waals surface area contributed by atoms with Crippen LogP contribution in [0.5, 0.6) is 0 Å². The molecular weight excluding hydrogens is 247 g/mol. The Morgan fingerprint density at radius 2 is 2.37 bits per heavy atom. The third-order valence-electron chi connectivity index (χ3n) is 3.63. The maximum atomic E-state index is 13.5. The maximum Gasteiger partial charge on any atom is 0.340 e. The summed E-state index contributed by atoms with van der Waals surface area (Å²) in [5.74, 6) is -1.44. The Labute approximate surface area is 112 Å². The second kappa shape index (κ2) is 6.02. The van der Waals surface area contributed by atoms with Gasteiger partial charge in [-0.05, 0) is 37.6 Å². The number of anilines is 1. The van der Waals surface area contributed by atoms with Gasteiger partial charge < -0.3 is 15.3 Å². The number of carboxylic acids is 1. The first-order chi connectivity index (χ1) is 9.11. The number of carbonyl (C=O) groups is 1. The summed E-state index contributed by atoms with van der Waals surface area (Å²) in [6.07, 6.45) is 1.10. The van der Waals surface area contributed by atoms with Crippen molar-refractivity contribution in [2.45, 2.75) is 13.3 Å². The topological polar surface area (TPSA) is 52.6 Å². The van der Waals surface area contributed by atoms with Crippen LogP contribution in [-0.4, -0.2) is 42.2 Å². The van der Waals surface area contributed by atoms with Crippen molar-refractivity contribution in [3.05, 3.63) is 29.6 Å². The quantitative estimate of drug-likeness (QED) is 0.858. The Morgan fingerprint density at radius 1 is 1.58 bits per heavy atom. The van der Waals surface area contributed by atoms with Crippen LogP contribution in [0.3, 0.4) is 0 Å². The minimum atomic E-state index is -1.23. The molecule has 0 saturated carbocycles. The van der Waals surface area contributed by atoms with Gasteiger partial charge in [-0.15, -0.1) is 0 Å². The van der Waals surface area contributed by atoms with Crippen molar-refractivity contribution in [3.8, 4) is 0 Å². The number of hydrogen-bond donors (Lipinski definition) is 2. The summed E-state index contributed by atoms with van der Waals surface area (Å²) in [4.78, 5) is 13.4. The van der Waals surface area contributed by atoms with Gasteiger partial charge >= 0.3 is 5.97 Å². The van der Waals surface area contributed by atoms with Crippen molar-refractivity contribution >= 4 is 11.7 Å². The number of benzene rings is 1. The summed E-state index contributed by atoms with van der Waals surface area (Å²) >= 11 is 0. The molecule has 1 atom stereocenters. The Hall–Kier alpha value is -1.62. The molecular formula is C14H19FN2O2. The first kappa shape index (κ1) is 13.8. The van der Waals surface area contributed by atoms with Crippen LogP contribution in [0, 0.1) is 11.7 Å². The lowest BCUT2D eigenvalue weighted by Crippen LogP contribution is -2.23. The van der Waals surface area contributed by atoms with Crippen LogP contribution in [-0.2, 0) is 0 Å². The highest BCUT2D eigenvalue weighted by Gasteiger charge is 2.22. The average Bonchev–Trinajstić information content (AvgIpc) is 2.83. The van der Waals surface area contributed by atoms with Crippen molar-refractivity contribution < 1.29 is 14.3 Å². The van der Waals surface area contributed by atoms with Gasteiger partial charge in [0.15, 0.2) is 0 Å². The number of halogens is 1. The van der Waals surface area contributed by atoms with E-state index in [1.54, 1.807) is 6.07 Å². The van der Waals surface area contributed by atoms with Gasteiger partial charge in [0, 0.05) is 13.1 Å². The zero-order valence-electron chi connectivity index (χ0n) is 11.0. The van der Waals surface area contributed by atoms with E-state index in [4.69, 9.17) is 5.11 Å². The molecule has 2 rings (SSSR count). The molecule has 5 heteroatoms.